The maximum Gasteiger partial charge on any atom is 0.122 e. The number of fused-ring (bicyclic) bond motifs is 1. The normalized spacial score (nSPS) is 10.5. The molecule has 2 aromatic rings. The van der Waals surface area contributed by atoms with Crippen LogP contribution in [0.5, 0.6) is 5.75 Å². The minimum Gasteiger partial charge on any atom is -0.496 e. The zero-order valence-corrected chi connectivity index (χ0v) is 8.82. The minimum absolute atomic E-state index is 0.626. The van der Waals surface area contributed by atoms with Crippen LogP contribution >= 0.6 is 0 Å². The minimum atomic E-state index is 0.626. The molecule has 1 aromatic heterocycles. The lowest BCUT2D eigenvalue weighted by Gasteiger charge is -2.09. The quantitative estimate of drug-likeness (QED) is 0.675. The first-order valence-electron chi connectivity index (χ1n) is 4.84. The fraction of sp³-hybridized carbons (Fsp3) is 0.273. The average Bonchev–Trinajstić information content (AvgIpc) is 2.28. The third-order valence-electron chi connectivity index (χ3n) is 2.45. The maximum absolute atomic E-state index is 5.81. The molecule has 15 heavy (non-hydrogen) atoms. The van der Waals surface area contributed by atoms with Crippen LogP contribution in [0.3, 0.4) is 0 Å². The predicted molar refractivity (Wildman–Crippen MR) is 60.9 cm³/mol. The van der Waals surface area contributed by atoms with E-state index in [0.717, 1.165) is 28.6 Å². The molecule has 74 valence electrons. The van der Waals surface area contributed by atoms with Gasteiger partial charge in [-0.2, -0.15) is 10.2 Å². The summed E-state index contributed by atoms with van der Waals surface area (Å²) < 4.78 is 5.30. The molecule has 4 heteroatoms. The summed E-state index contributed by atoms with van der Waals surface area (Å²) in [6.45, 7) is 2.07. The second kappa shape index (κ2) is 3.89. The van der Waals surface area contributed by atoms with E-state index >= 15 is 0 Å². The Morgan fingerprint density at radius 2 is 2.20 bits per heavy atom. The SMILES string of the molecule is [B]c1cnnc2cc(CC)c(OC)cc12. The van der Waals surface area contributed by atoms with Gasteiger partial charge in [0.1, 0.15) is 13.6 Å². The Morgan fingerprint density at radius 1 is 1.40 bits per heavy atom. The maximum atomic E-state index is 5.81. The average molecular weight is 198 g/mol. The molecule has 0 spiro atoms. The molecule has 0 aliphatic carbocycles. The van der Waals surface area contributed by atoms with Crippen molar-refractivity contribution in [3.63, 3.8) is 0 Å². The highest BCUT2D eigenvalue weighted by Gasteiger charge is 2.06. The van der Waals surface area contributed by atoms with E-state index in [4.69, 9.17) is 12.6 Å². The van der Waals surface area contributed by atoms with Crippen LogP contribution in [0.4, 0.5) is 0 Å². The smallest absolute Gasteiger partial charge is 0.122 e. The lowest BCUT2D eigenvalue weighted by atomic mass is 9.93. The van der Waals surface area contributed by atoms with E-state index in [0.29, 0.717) is 5.46 Å². The van der Waals surface area contributed by atoms with Crippen molar-refractivity contribution in [1.82, 2.24) is 10.2 Å². The van der Waals surface area contributed by atoms with Gasteiger partial charge in [0.05, 0.1) is 12.6 Å². The van der Waals surface area contributed by atoms with Gasteiger partial charge in [-0.05, 0) is 24.1 Å². The van der Waals surface area contributed by atoms with E-state index < -0.39 is 0 Å². The summed E-state index contributed by atoms with van der Waals surface area (Å²) in [6.07, 6.45) is 2.45. The highest BCUT2D eigenvalue weighted by molar-refractivity contribution is 6.38. The molecule has 2 rings (SSSR count). The van der Waals surface area contributed by atoms with Gasteiger partial charge < -0.3 is 4.74 Å². The highest BCUT2D eigenvalue weighted by Crippen LogP contribution is 2.23. The van der Waals surface area contributed by atoms with Crippen LogP contribution in [0.2, 0.25) is 0 Å². The van der Waals surface area contributed by atoms with Gasteiger partial charge in [-0.3, -0.25) is 0 Å². The first-order valence-corrected chi connectivity index (χ1v) is 4.84. The standard InChI is InChI=1S/C11H11BN2O/c1-3-7-4-10-8(5-11(7)15-2)9(12)6-13-14-10/h4-6H,3H2,1-2H3. The van der Waals surface area contributed by atoms with Crippen LogP contribution in [-0.4, -0.2) is 25.2 Å². The van der Waals surface area contributed by atoms with Crippen molar-refractivity contribution >= 4 is 24.2 Å². The number of aryl methyl sites for hydroxylation is 1. The molecule has 0 amide bonds. The molecule has 1 heterocycles. The first-order chi connectivity index (χ1) is 7.26. The molecule has 0 aliphatic heterocycles. The lowest BCUT2D eigenvalue weighted by Crippen LogP contribution is -2.07. The van der Waals surface area contributed by atoms with E-state index in [2.05, 4.69) is 17.1 Å². The number of hydrogen-bond donors (Lipinski definition) is 0. The summed E-state index contributed by atoms with van der Waals surface area (Å²) in [6, 6.07) is 3.88. The van der Waals surface area contributed by atoms with E-state index in [1.165, 1.54) is 0 Å². The van der Waals surface area contributed by atoms with Gasteiger partial charge in [-0.15, -0.1) is 0 Å². The Hall–Kier alpha value is -1.58. The van der Waals surface area contributed by atoms with Gasteiger partial charge in [0, 0.05) is 11.6 Å². The summed E-state index contributed by atoms with van der Waals surface area (Å²) in [7, 11) is 7.47. The second-order valence-electron chi connectivity index (χ2n) is 3.33. The van der Waals surface area contributed by atoms with Crippen LogP contribution in [-0.2, 0) is 6.42 Å². The van der Waals surface area contributed by atoms with Crippen molar-refractivity contribution in [2.45, 2.75) is 13.3 Å². The summed E-state index contributed by atoms with van der Waals surface area (Å²) >= 11 is 0. The molecule has 0 fully saturated rings. The van der Waals surface area contributed by atoms with Gasteiger partial charge >= 0.3 is 0 Å². The Labute approximate surface area is 89.9 Å². The molecule has 0 bridgehead atoms. The van der Waals surface area contributed by atoms with Crippen LogP contribution in [0, 0.1) is 0 Å². The molecule has 0 saturated carbocycles. The Bertz CT molecular complexity index is 499. The number of ether oxygens (including phenoxy) is 1. The van der Waals surface area contributed by atoms with Gasteiger partial charge in [-0.25, -0.2) is 0 Å². The molecular weight excluding hydrogens is 187 g/mol. The van der Waals surface area contributed by atoms with E-state index in [1.54, 1.807) is 13.3 Å². The molecule has 0 unspecified atom stereocenters. The van der Waals surface area contributed by atoms with Gasteiger partial charge in [0.25, 0.3) is 0 Å². The third kappa shape index (κ3) is 1.67. The molecule has 1 aromatic carbocycles. The van der Waals surface area contributed by atoms with Crippen molar-refractivity contribution in [2.24, 2.45) is 0 Å². The van der Waals surface area contributed by atoms with Crippen molar-refractivity contribution in [3.8, 4) is 5.75 Å². The molecule has 0 saturated heterocycles. The molecule has 0 N–H and O–H groups in total. The molecule has 2 radical (unpaired) electrons. The van der Waals surface area contributed by atoms with Crippen LogP contribution < -0.4 is 10.2 Å². The van der Waals surface area contributed by atoms with Crippen LogP contribution in [0.25, 0.3) is 10.9 Å². The number of methoxy groups -OCH3 is 1. The van der Waals surface area contributed by atoms with Crippen molar-refractivity contribution in [1.29, 1.82) is 0 Å². The van der Waals surface area contributed by atoms with Gasteiger partial charge in [0.2, 0.25) is 0 Å². The van der Waals surface area contributed by atoms with Crippen molar-refractivity contribution in [2.75, 3.05) is 7.11 Å². The monoisotopic (exact) mass is 198 g/mol. The van der Waals surface area contributed by atoms with E-state index in [1.807, 2.05) is 12.1 Å². The summed E-state index contributed by atoms with van der Waals surface area (Å²) in [4.78, 5) is 0. The summed E-state index contributed by atoms with van der Waals surface area (Å²) in [5.74, 6) is 0.852. The number of benzene rings is 1. The molecular formula is C11H11BN2O. The number of rotatable bonds is 2. The Balaban J connectivity index is 2.75. The highest BCUT2D eigenvalue weighted by atomic mass is 16.5. The Kier molecular flexibility index (Phi) is 2.58. The molecule has 0 atom stereocenters. The molecule has 0 aliphatic rings. The van der Waals surface area contributed by atoms with Crippen LogP contribution in [0.15, 0.2) is 18.3 Å². The summed E-state index contributed by atoms with van der Waals surface area (Å²) in [5, 5.41) is 8.76. The van der Waals surface area contributed by atoms with Gasteiger partial charge in [0.15, 0.2) is 0 Å². The van der Waals surface area contributed by atoms with Crippen molar-refractivity contribution in [3.05, 3.63) is 23.9 Å². The fourth-order valence-corrected chi connectivity index (χ4v) is 1.61. The zero-order valence-electron chi connectivity index (χ0n) is 8.82. The largest absolute Gasteiger partial charge is 0.496 e. The molecule has 3 nitrogen and oxygen atoms in total. The zero-order chi connectivity index (χ0) is 10.8. The Morgan fingerprint density at radius 3 is 2.87 bits per heavy atom. The number of nitrogens with zero attached hydrogens (tertiary/aromatic N) is 2. The first kappa shape index (κ1) is 9.96. The number of aromatic nitrogens is 2. The second-order valence-corrected chi connectivity index (χ2v) is 3.33. The van der Waals surface area contributed by atoms with Crippen molar-refractivity contribution < 1.29 is 4.74 Å². The third-order valence-corrected chi connectivity index (χ3v) is 2.45. The lowest BCUT2D eigenvalue weighted by molar-refractivity contribution is 0.411. The number of hydrogen-bond acceptors (Lipinski definition) is 3. The van der Waals surface area contributed by atoms with Gasteiger partial charge in [-0.1, -0.05) is 12.4 Å². The summed E-state index contributed by atoms with van der Waals surface area (Å²) in [5.41, 5.74) is 2.55. The van der Waals surface area contributed by atoms with E-state index in [9.17, 15) is 0 Å². The van der Waals surface area contributed by atoms with Crippen LogP contribution in [0.1, 0.15) is 12.5 Å². The van der Waals surface area contributed by atoms with E-state index in [-0.39, 0.29) is 0 Å². The predicted octanol–water partition coefficient (Wildman–Crippen LogP) is 0.995. The fourth-order valence-electron chi connectivity index (χ4n) is 1.61. The topological polar surface area (TPSA) is 35.0 Å².